The molecular weight excluding hydrogens is 357 g/mol. The zero-order chi connectivity index (χ0) is 18.8. The first kappa shape index (κ1) is 19.2. The predicted molar refractivity (Wildman–Crippen MR) is 86.0 cm³/mol. The fourth-order valence-electron chi connectivity index (χ4n) is 2.18. The summed E-state index contributed by atoms with van der Waals surface area (Å²) >= 11 is 0.652. The molecule has 2 N–H and O–H groups in total. The molecular formula is C16H17F3N2O3S. The van der Waals surface area contributed by atoms with Crippen LogP contribution < -0.4 is 0 Å². The van der Waals surface area contributed by atoms with E-state index in [2.05, 4.69) is 4.98 Å². The molecule has 0 saturated heterocycles. The number of carbonyl (C=O) groups excluding carboxylic acids is 1. The van der Waals surface area contributed by atoms with Crippen molar-refractivity contribution >= 4 is 17.2 Å². The molecule has 0 bridgehead atoms. The monoisotopic (exact) mass is 374 g/mol. The summed E-state index contributed by atoms with van der Waals surface area (Å²) in [4.78, 5) is 17.0. The van der Waals surface area contributed by atoms with Crippen LogP contribution in [0.25, 0.3) is 0 Å². The van der Waals surface area contributed by atoms with Crippen LogP contribution in [0.15, 0.2) is 29.6 Å². The molecule has 1 aromatic heterocycles. The first-order valence-corrected chi connectivity index (χ1v) is 8.15. The molecule has 9 heteroatoms. The van der Waals surface area contributed by atoms with Crippen molar-refractivity contribution in [2.24, 2.45) is 0 Å². The summed E-state index contributed by atoms with van der Waals surface area (Å²) in [6.07, 6.45) is -6.24. The molecule has 1 heterocycles. The summed E-state index contributed by atoms with van der Waals surface area (Å²) in [6.45, 7) is 1.42. The molecule has 1 atom stereocenters. The summed E-state index contributed by atoms with van der Waals surface area (Å²) in [5, 5.41) is 20.7. The van der Waals surface area contributed by atoms with Gasteiger partial charge in [0.1, 0.15) is 10.8 Å². The third-order valence-corrected chi connectivity index (χ3v) is 4.78. The van der Waals surface area contributed by atoms with Crippen molar-refractivity contribution < 1.29 is 28.2 Å². The standard InChI is InChI=1S/C16H17F3N2O3S/c1-10-9-25-14(20-10)15(24,16(17,18)19)7-13(23)21(2)8-11-5-3-4-6-12(11)22/h3-6,9,22,24H,7-8H2,1-2H3/t15-/m0/s1. The Bertz CT molecular complexity index is 763. The molecule has 0 aliphatic heterocycles. The number of aromatic hydroxyl groups is 1. The highest BCUT2D eigenvalue weighted by molar-refractivity contribution is 7.09. The lowest BCUT2D eigenvalue weighted by molar-refractivity contribution is -0.268. The Hall–Kier alpha value is -2.13. The van der Waals surface area contributed by atoms with E-state index in [1.165, 1.54) is 25.4 Å². The molecule has 2 rings (SSSR count). The van der Waals surface area contributed by atoms with Crippen LogP contribution in [-0.4, -0.2) is 39.2 Å². The van der Waals surface area contributed by atoms with Crippen LogP contribution in [0, 0.1) is 6.92 Å². The zero-order valence-electron chi connectivity index (χ0n) is 13.5. The van der Waals surface area contributed by atoms with Crippen molar-refractivity contribution in [2.45, 2.75) is 31.7 Å². The number of carbonyl (C=O) groups is 1. The summed E-state index contributed by atoms with van der Waals surface area (Å²) in [5.74, 6) is -0.986. The first-order chi connectivity index (χ1) is 11.5. The van der Waals surface area contributed by atoms with E-state index in [1.54, 1.807) is 18.2 Å². The smallest absolute Gasteiger partial charge is 0.424 e. The Morgan fingerprint density at radius 3 is 2.48 bits per heavy atom. The second-order valence-electron chi connectivity index (χ2n) is 5.71. The number of aryl methyl sites for hydroxylation is 1. The number of para-hydroxylation sites is 1. The molecule has 0 spiro atoms. The minimum absolute atomic E-state index is 0.0659. The minimum Gasteiger partial charge on any atom is -0.508 e. The molecule has 136 valence electrons. The van der Waals surface area contributed by atoms with Gasteiger partial charge < -0.3 is 15.1 Å². The highest BCUT2D eigenvalue weighted by Crippen LogP contribution is 2.43. The van der Waals surface area contributed by atoms with Crippen molar-refractivity contribution in [2.75, 3.05) is 7.05 Å². The molecule has 0 saturated carbocycles. The van der Waals surface area contributed by atoms with Gasteiger partial charge in [0, 0.05) is 30.2 Å². The van der Waals surface area contributed by atoms with Gasteiger partial charge in [0.05, 0.1) is 6.42 Å². The minimum atomic E-state index is -5.05. The Morgan fingerprint density at radius 2 is 1.96 bits per heavy atom. The summed E-state index contributed by atoms with van der Waals surface area (Å²) in [5.41, 5.74) is -2.63. The highest BCUT2D eigenvalue weighted by atomic mass is 32.1. The third-order valence-electron chi connectivity index (χ3n) is 3.67. The van der Waals surface area contributed by atoms with E-state index in [1.807, 2.05) is 0 Å². The molecule has 1 amide bonds. The van der Waals surface area contributed by atoms with E-state index >= 15 is 0 Å². The average Bonchev–Trinajstić information content (AvgIpc) is 2.95. The van der Waals surface area contributed by atoms with Gasteiger partial charge in [0.2, 0.25) is 11.5 Å². The van der Waals surface area contributed by atoms with Crippen LogP contribution in [0.1, 0.15) is 22.7 Å². The normalized spacial score (nSPS) is 14.2. The zero-order valence-corrected chi connectivity index (χ0v) is 14.4. The van der Waals surface area contributed by atoms with Gasteiger partial charge in [-0.25, -0.2) is 4.98 Å². The number of thiazole rings is 1. The van der Waals surface area contributed by atoms with Crippen molar-refractivity contribution in [1.29, 1.82) is 0 Å². The number of rotatable bonds is 5. The lowest BCUT2D eigenvalue weighted by atomic mass is 9.98. The molecule has 0 fully saturated rings. The average molecular weight is 374 g/mol. The second kappa shape index (κ2) is 7.01. The number of nitrogens with zero attached hydrogens (tertiary/aromatic N) is 2. The maximum absolute atomic E-state index is 13.4. The van der Waals surface area contributed by atoms with Crippen LogP contribution in [0.4, 0.5) is 13.2 Å². The number of alkyl halides is 3. The Labute approximate surface area is 146 Å². The van der Waals surface area contributed by atoms with Crippen LogP contribution in [0.5, 0.6) is 5.75 Å². The highest BCUT2D eigenvalue weighted by Gasteiger charge is 2.58. The second-order valence-corrected chi connectivity index (χ2v) is 6.57. The fraction of sp³-hybridized carbons (Fsp3) is 0.375. The maximum atomic E-state index is 13.4. The lowest BCUT2D eigenvalue weighted by Crippen LogP contribution is -2.46. The molecule has 5 nitrogen and oxygen atoms in total. The van der Waals surface area contributed by atoms with Gasteiger partial charge >= 0.3 is 6.18 Å². The van der Waals surface area contributed by atoms with Crippen LogP contribution in [-0.2, 0) is 16.9 Å². The Morgan fingerprint density at radius 1 is 1.32 bits per heavy atom. The number of hydrogen-bond donors (Lipinski definition) is 2. The van der Waals surface area contributed by atoms with Gasteiger partial charge in [-0.3, -0.25) is 4.79 Å². The fourth-order valence-corrected chi connectivity index (χ4v) is 3.10. The Kier molecular flexibility index (Phi) is 5.38. The summed E-state index contributed by atoms with van der Waals surface area (Å²) in [7, 11) is 1.30. The molecule has 2 aromatic rings. The molecule has 0 unspecified atom stereocenters. The van der Waals surface area contributed by atoms with Crippen molar-refractivity contribution in [3.05, 3.63) is 45.9 Å². The lowest BCUT2D eigenvalue weighted by Gasteiger charge is -2.30. The summed E-state index contributed by atoms with van der Waals surface area (Å²) < 4.78 is 40.3. The topological polar surface area (TPSA) is 73.7 Å². The van der Waals surface area contributed by atoms with Gasteiger partial charge in [-0.05, 0) is 13.0 Å². The van der Waals surface area contributed by atoms with E-state index in [0.717, 1.165) is 4.90 Å². The number of hydrogen-bond acceptors (Lipinski definition) is 5. The van der Waals surface area contributed by atoms with Gasteiger partial charge in [-0.2, -0.15) is 13.2 Å². The maximum Gasteiger partial charge on any atom is 0.424 e. The van der Waals surface area contributed by atoms with Gasteiger partial charge in [0.15, 0.2) is 0 Å². The number of aliphatic hydroxyl groups is 1. The van der Waals surface area contributed by atoms with Crippen LogP contribution in [0.3, 0.4) is 0 Å². The van der Waals surface area contributed by atoms with E-state index in [0.29, 0.717) is 22.6 Å². The van der Waals surface area contributed by atoms with Crippen molar-refractivity contribution in [3.63, 3.8) is 0 Å². The van der Waals surface area contributed by atoms with Crippen LogP contribution >= 0.6 is 11.3 Å². The predicted octanol–water partition coefficient (Wildman–Crippen LogP) is 2.96. The number of benzene rings is 1. The number of aromatic nitrogens is 1. The number of halogens is 3. The molecule has 25 heavy (non-hydrogen) atoms. The number of phenols is 1. The molecule has 0 aliphatic carbocycles. The van der Waals surface area contributed by atoms with Gasteiger partial charge in [0.25, 0.3) is 0 Å². The number of amides is 1. The SMILES string of the molecule is Cc1csc([C@@](O)(CC(=O)N(C)Cc2ccccc2O)C(F)(F)F)n1. The van der Waals surface area contributed by atoms with E-state index in [4.69, 9.17) is 0 Å². The molecule has 1 aromatic carbocycles. The van der Waals surface area contributed by atoms with E-state index < -0.39 is 29.1 Å². The van der Waals surface area contributed by atoms with Gasteiger partial charge in [-0.15, -0.1) is 11.3 Å². The molecule has 0 aliphatic rings. The Balaban J connectivity index is 2.21. The largest absolute Gasteiger partial charge is 0.508 e. The third kappa shape index (κ3) is 4.10. The van der Waals surface area contributed by atoms with E-state index in [-0.39, 0.29) is 12.3 Å². The van der Waals surface area contributed by atoms with E-state index in [9.17, 15) is 28.2 Å². The van der Waals surface area contributed by atoms with Gasteiger partial charge in [-0.1, -0.05) is 18.2 Å². The quantitative estimate of drug-likeness (QED) is 0.844. The van der Waals surface area contributed by atoms with Crippen molar-refractivity contribution in [3.8, 4) is 5.75 Å². The summed E-state index contributed by atoms with van der Waals surface area (Å²) in [6, 6.07) is 6.20. The molecule has 0 radical (unpaired) electrons. The van der Waals surface area contributed by atoms with Crippen molar-refractivity contribution in [1.82, 2.24) is 9.88 Å². The van der Waals surface area contributed by atoms with Crippen LogP contribution in [0.2, 0.25) is 0 Å². The number of phenolic OH excluding ortho intramolecular Hbond substituents is 1. The first-order valence-electron chi connectivity index (χ1n) is 7.27.